The predicted octanol–water partition coefficient (Wildman–Crippen LogP) is 2.19. The van der Waals surface area contributed by atoms with E-state index in [2.05, 4.69) is 5.32 Å². The van der Waals surface area contributed by atoms with Gasteiger partial charge in [0.2, 0.25) is 11.8 Å². The van der Waals surface area contributed by atoms with Gasteiger partial charge in [0.05, 0.1) is 6.54 Å². The van der Waals surface area contributed by atoms with Crippen molar-refractivity contribution < 1.29 is 9.59 Å². The Morgan fingerprint density at radius 2 is 1.68 bits per heavy atom. The third kappa shape index (κ3) is 6.21. The van der Waals surface area contributed by atoms with Gasteiger partial charge in [0, 0.05) is 13.6 Å². The number of carbonyl (C=O) groups excluding carboxylic acids is 2. The number of aryl methyl sites for hydroxylation is 1. The van der Waals surface area contributed by atoms with Crippen molar-refractivity contribution in [1.29, 1.82) is 0 Å². The molecule has 2 aromatic carbocycles. The molecule has 1 atom stereocenters. The maximum atomic E-state index is 12.1. The summed E-state index contributed by atoms with van der Waals surface area (Å²) in [6.07, 6.45) is 0. The third-order valence-corrected chi connectivity index (χ3v) is 3.82. The number of likely N-dealkylation sites (N-methyl/N-ethyl adjacent to an activating group) is 1. The van der Waals surface area contributed by atoms with Crippen molar-refractivity contribution >= 4 is 24.2 Å². The summed E-state index contributed by atoms with van der Waals surface area (Å²) < 4.78 is 0. The van der Waals surface area contributed by atoms with Crippen molar-refractivity contribution in [3.8, 4) is 0 Å². The molecule has 5 nitrogen and oxygen atoms in total. The van der Waals surface area contributed by atoms with E-state index in [-0.39, 0.29) is 30.8 Å². The molecule has 0 aliphatic heterocycles. The second-order valence-corrected chi connectivity index (χ2v) is 5.84. The Bertz CT molecular complexity index is 690. The highest BCUT2D eigenvalue weighted by Gasteiger charge is 2.17. The van der Waals surface area contributed by atoms with Gasteiger partial charge in [-0.1, -0.05) is 60.2 Å². The van der Waals surface area contributed by atoms with Crippen LogP contribution in [0.3, 0.4) is 0 Å². The molecule has 2 rings (SSSR count). The van der Waals surface area contributed by atoms with Crippen LogP contribution in [0.25, 0.3) is 0 Å². The molecule has 0 aliphatic rings. The van der Waals surface area contributed by atoms with Crippen LogP contribution in [0.4, 0.5) is 0 Å². The Hall–Kier alpha value is -2.37. The largest absolute Gasteiger partial charge is 0.345 e. The highest BCUT2D eigenvalue weighted by Crippen LogP contribution is 2.11. The summed E-state index contributed by atoms with van der Waals surface area (Å²) in [5, 5.41) is 2.61. The molecule has 2 amide bonds. The van der Waals surface area contributed by atoms with Crippen LogP contribution in [-0.4, -0.2) is 30.3 Å². The second kappa shape index (κ2) is 9.81. The molecule has 0 fully saturated rings. The van der Waals surface area contributed by atoms with Crippen molar-refractivity contribution in [2.75, 3.05) is 13.6 Å². The molecule has 0 heterocycles. The molecule has 0 aliphatic carbocycles. The summed E-state index contributed by atoms with van der Waals surface area (Å²) in [4.78, 5) is 25.8. The number of hydrogen-bond donors (Lipinski definition) is 2. The standard InChI is InChI=1S/C19H23N3O2.ClH/c1-14-8-10-16(11-9-14)18(20)19(24)21-12-17(23)22(2)13-15-6-4-3-5-7-15;/h3-11,18H,12-13,20H2,1-2H3,(H,21,24);1H. The van der Waals surface area contributed by atoms with E-state index < -0.39 is 6.04 Å². The zero-order valence-corrected chi connectivity index (χ0v) is 15.3. The maximum Gasteiger partial charge on any atom is 0.242 e. The van der Waals surface area contributed by atoms with E-state index in [1.807, 2.05) is 61.5 Å². The van der Waals surface area contributed by atoms with Crippen LogP contribution in [0.1, 0.15) is 22.7 Å². The smallest absolute Gasteiger partial charge is 0.242 e. The van der Waals surface area contributed by atoms with Crippen molar-refractivity contribution in [2.45, 2.75) is 19.5 Å². The van der Waals surface area contributed by atoms with Gasteiger partial charge in [-0.15, -0.1) is 12.4 Å². The molecule has 2 aromatic rings. The van der Waals surface area contributed by atoms with Crippen molar-refractivity contribution in [3.05, 3.63) is 71.3 Å². The highest BCUT2D eigenvalue weighted by molar-refractivity contribution is 5.88. The molecular weight excluding hydrogens is 338 g/mol. The van der Waals surface area contributed by atoms with Gasteiger partial charge < -0.3 is 16.0 Å². The number of rotatable bonds is 6. The molecule has 0 spiro atoms. The number of benzene rings is 2. The average molecular weight is 362 g/mol. The first-order valence-electron chi connectivity index (χ1n) is 7.85. The van der Waals surface area contributed by atoms with Crippen LogP contribution in [-0.2, 0) is 16.1 Å². The number of hydrogen-bond acceptors (Lipinski definition) is 3. The van der Waals surface area contributed by atoms with Gasteiger partial charge in [-0.25, -0.2) is 0 Å². The molecular formula is C19H24ClN3O2. The van der Waals surface area contributed by atoms with Crippen LogP contribution in [0, 0.1) is 6.92 Å². The van der Waals surface area contributed by atoms with Gasteiger partial charge in [0.1, 0.15) is 6.04 Å². The lowest BCUT2D eigenvalue weighted by Crippen LogP contribution is -2.41. The van der Waals surface area contributed by atoms with E-state index >= 15 is 0 Å². The monoisotopic (exact) mass is 361 g/mol. The Kier molecular flexibility index (Phi) is 8.11. The molecule has 3 N–H and O–H groups in total. The number of carbonyl (C=O) groups is 2. The molecule has 6 heteroatoms. The van der Waals surface area contributed by atoms with Crippen LogP contribution in [0.15, 0.2) is 54.6 Å². The van der Waals surface area contributed by atoms with Crippen LogP contribution in [0.5, 0.6) is 0 Å². The van der Waals surface area contributed by atoms with Crippen LogP contribution < -0.4 is 11.1 Å². The normalized spacial score (nSPS) is 11.2. The number of nitrogens with zero attached hydrogens (tertiary/aromatic N) is 1. The zero-order valence-electron chi connectivity index (χ0n) is 14.4. The fourth-order valence-electron chi connectivity index (χ4n) is 2.28. The molecule has 0 saturated heterocycles. The molecule has 134 valence electrons. The molecule has 0 radical (unpaired) electrons. The van der Waals surface area contributed by atoms with Gasteiger partial charge in [-0.3, -0.25) is 9.59 Å². The number of nitrogens with one attached hydrogen (secondary N) is 1. The predicted molar refractivity (Wildman–Crippen MR) is 101 cm³/mol. The summed E-state index contributed by atoms with van der Waals surface area (Å²) in [5.41, 5.74) is 8.80. The SMILES string of the molecule is Cc1ccc(C(N)C(=O)NCC(=O)N(C)Cc2ccccc2)cc1.Cl. The lowest BCUT2D eigenvalue weighted by molar-refractivity contribution is -0.132. The number of halogens is 1. The quantitative estimate of drug-likeness (QED) is 0.828. The van der Waals surface area contributed by atoms with Crippen LogP contribution >= 0.6 is 12.4 Å². The van der Waals surface area contributed by atoms with E-state index in [1.165, 1.54) is 0 Å². The summed E-state index contributed by atoms with van der Waals surface area (Å²) in [6, 6.07) is 16.4. The minimum atomic E-state index is -0.780. The van der Waals surface area contributed by atoms with E-state index in [9.17, 15) is 9.59 Å². The van der Waals surface area contributed by atoms with E-state index in [0.717, 1.165) is 16.7 Å². The Morgan fingerprint density at radius 1 is 1.08 bits per heavy atom. The van der Waals surface area contributed by atoms with Crippen molar-refractivity contribution in [2.24, 2.45) is 5.73 Å². The van der Waals surface area contributed by atoms with Crippen LogP contribution in [0.2, 0.25) is 0 Å². The molecule has 0 saturated carbocycles. The summed E-state index contributed by atoms with van der Waals surface area (Å²) in [5.74, 6) is -0.524. The summed E-state index contributed by atoms with van der Waals surface area (Å²) in [6.45, 7) is 2.40. The molecule has 0 aromatic heterocycles. The number of nitrogens with two attached hydrogens (primary N) is 1. The zero-order chi connectivity index (χ0) is 17.5. The topological polar surface area (TPSA) is 75.4 Å². The van der Waals surface area contributed by atoms with Gasteiger partial charge in [0.15, 0.2) is 0 Å². The fraction of sp³-hybridized carbons (Fsp3) is 0.263. The summed E-state index contributed by atoms with van der Waals surface area (Å²) >= 11 is 0. The first-order valence-corrected chi connectivity index (χ1v) is 7.85. The Labute approximate surface area is 154 Å². The lowest BCUT2D eigenvalue weighted by Gasteiger charge is -2.18. The van der Waals surface area contributed by atoms with Gasteiger partial charge in [0.25, 0.3) is 0 Å². The lowest BCUT2D eigenvalue weighted by atomic mass is 10.1. The van der Waals surface area contributed by atoms with E-state index in [1.54, 1.807) is 11.9 Å². The first kappa shape index (κ1) is 20.7. The van der Waals surface area contributed by atoms with E-state index in [4.69, 9.17) is 5.73 Å². The van der Waals surface area contributed by atoms with Crippen molar-refractivity contribution in [3.63, 3.8) is 0 Å². The average Bonchev–Trinajstić information content (AvgIpc) is 2.60. The highest BCUT2D eigenvalue weighted by atomic mass is 35.5. The third-order valence-electron chi connectivity index (χ3n) is 3.82. The fourth-order valence-corrected chi connectivity index (χ4v) is 2.28. The van der Waals surface area contributed by atoms with Gasteiger partial charge >= 0.3 is 0 Å². The van der Waals surface area contributed by atoms with Gasteiger partial charge in [-0.2, -0.15) is 0 Å². The first-order chi connectivity index (χ1) is 11.5. The molecule has 25 heavy (non-hydrogen) atoms. The van der Waals surface area contributed by atoms with Gasteiger partial charge in [-0.05, 0) is 18.1 Å². The molecule has 1 unspecified atom stereocenters. The van der Waals surface area contributed by atoms with Crippen molar-refractivity contribution in [1.82, 2.24) is 10.2 Å². The second-order valence-electron chi connectivity index (χ2n) is 5.84. The summed E-state index contributed by atoms with van der Waals surface area (Å²) in [7, 11) is 1.71. The minimum Gasteiger partial charge on any atom is -0.345 e. The van der Waals surface area contributed by atoms with E-state index in [0.29, 0.717) is 6.54 Å². The minimum absolute atomic E-state index is 0. The Balaban J connectivity index is 0.00000312. The Morgan fingerprint density at radius 3 is 2.28 bits per heavy atom. The molecule has 0 bridgehead atoms. The maximum absolute atomic E-state index is 12.1. The number of amides is 2.